The molecule has 2 rings (SSSR count). The first-order valence-electron chi connectivity index (χ1n) is 6.15. The minimum Gasteiger partial charge on any atom is -0.385 e. The summed E-state index contributed by atoms with van der Waals surface area (Å²) in [5.41, 5.74) is 0.925. The van der Waals surface area contributed by atoms with Crippen molar-refractivity contribution in [2.45, 2.75) is 63.9 Å². The average molecular weight is 194 g/mol. The highest BCUT2D eigenvalue weighted by molar-refractivity contribution is 5.20. The molecule has 0 aromatic heterocycles. The Labute approximate surface area is 87.2 Å². The molecule has 0 saturated heterocycles. The smallest absolute Gasteiger partial charge is 0.0882 e. The van der Waals surface area contributed by atoms with Gasteiger partial charge in [-0.3, -0.25) is 0 Å². The number of rotatable bonds is 1. The summed E-state index contributed by atoms with van der Waals surface area (Å²) in [6.07, 6.45) is 11.9. The molecule has 0 radical (unpaired) electrons. The molecule has 0 heterocycles. The standard InChI is InChI=1S/C13H22O/c1-11-7-5-6-10-13(11,14)12-8-3-2-4-9-12/h8,11,14H,2-7,9-10H2,1H3. The highest BCUT2D eigenvalue weighted by Gasteiger charge is 2.39. The van der Waals surface area contributed by atoms with Crippen molar-refractivity contribution in [3.05, 3.63) is 11.6 Å². The minimum atomic E-state index is -0.432. The Kier molecular flexibility index (Phi) is 2.96. The topological polar surface area (TPSA) is 20.2 Å². The summed E-state index contributed by atoms with van der Waals surface area (Å²) in [6, 6.07) is 0. The maximum Gasteiger partial charge on any atom is 0.0882 e. The molecule has 1 N–H and O–H groups in total. The third kappa shape index (κ3) is 1.75. The van der Waals surface area contributed by atoms with Gasteiger partial charge in [0, 0.05) is 0 Å². The largest absolute Gasteiger partial charge is 0.385 e. The number of hydrogen-bond donors (Lipinski definition) is 1. The number of allylic oxidation sites excluding steroid dienone is 1. The van der Waals surface area contributed by atoms with Crippen LogP contribution in [0.1, 0.15) is 58.3 Å². The van der Waals surface area contributed by atoms with Crippen molar-refractivity contribution in [1.82, 2.24) is 0 Å². The monoisotopic (exact) mass is 194 g/mol. The number of hydrogen-bond acceptors (Lipinski definition) is 1. The van der Waals surface area contributed by atoms with Gasteiger partial charge in [-0.05, 0) is 50.0 Å². The number of aliphatic hydroxyl groups is 1. The molecule has 14 heavy (non-hydrogen) atoms. The van der Waals surface area contributed by atoms with E-state index in [2.05, 4.69) is 13.0 Å². The van der Waals surface area contributed by atoms with Gasteiger partial charge >= 0.3 is 0 Å². The maximum atomic E-state index is 10.7. The first-order chi connectivity index (χ1) is 6.73. The lowest BCUT2D eigenvalue weighted by Crippen LogP contribution is -2.41. The van der Waals surface area contributed by atoms with E-state index >= 15 is 0 Å². The van der Waals surface area contributed by atoms with Crippen molar-refractivity contribution in [3.63, 3.8) is 0 Å². The van der Waals surface area contributed by atoms with E-state index in [1.54, 1.807) is 0 Å². The van der Waals surface area contributed by atoms with Gasteiger partial charge in [0.1, 0.15) is 0 Å². The van der Waals surface area contributed by atoms with E-state index in [1.807, 2.05) is 0 Å². The lowest BCUT2D eigenvalue weighted by atomic mass is 9.70. The Morgan fingerprint density at radius 1 is 1.29 bits per heavy atom. The second kappa shape index (κ2) is 4.06. The quantitative estimate of drug-likeness (QED) is 0.634. The van der Waals surface area contributed by atoms with Crippen LogP contribution in [-0.2, 0) is 0 Å². The zero-order valence-electron chi connectivity index (χ0n) is 9.26. The third-order valence-corrected chi connectivity index (χ3v) is 4.11. The zero-order chi connectivity index (χ0) is 10.0. The van der Waals surface area contributed by atoms with Gasteiger partial charge in [0.15, 0.2) is 0 Å². The van der Waals surface area contributed by atoms with Gasteiger partial charge in [-0.25, -0.2) is 0 Å². The van der Waals surface area contributed by atoms with Crippen LogP contribution < -0.4 is 0 Å². The highest BCUT2D eigenvalue weighted by atomic mass is 16.3. The fourth-order valence-corrected chi connectivity index (χ4v) is 3.04. The van der Waals surface area contributed by atoms with Crippen LogP contribution in [0.25, 0.3) is 0 Å². The van der Waals surface area contributed by atoms with Crippen molar-refractivity contribution in [1.29, 1.82) is 0 Å². The fourth-order valence-electron chi connectivity index (χ4n) is 3.04. The first kappa shape index (κ1) is 10.2. The molecule has 2 unspecified atom stereocenters. The van der Waals surface area contributed by atoms with Crippen LogP contribution in [0, 0.1) is 5.92 Å². The zero-order valence-corrected chi connectivity index (χ0v) is 9.26. The van der Waals surface area contributed by atoms with Gasteiger partial charge in [-0.1, -0.05) is 25.8 Å². The molecule has 2 aliphatic carbocycles. The van der Waals surface area contributed by atoms with Crippen LogP contribution in [0.5, 0.6) is 0 Å². The normalized spacial score (nSPS) is 39.3. The molecule has 1 saturated carbocycles. The van der Waals surface area contributed by atoms with Gasteiger partial charge in [0.05, 0.1) is 5.60 Å². The molecule has 0 aromatic carbocycles. The second-order valence-corrected chi connectivity index (χ2v) is 5.05. The van der Waals surface area contributed by atoms with E-state index < -0.39 is 5.60 Å². The lowest BCUT2D eigenvalue weighted by molar-refractivity contribution is -0.0114. The third-order valence-electron chi connectivity index (χ3n) is 4.11. The van der Waals surface area contributed by atoms with E-state index in [0.717, 1.165) is 12.8 Å². The highest BCUT2D eigenvalue weighted by Crippen LogP contribution is 2.41. The molecule has 2 aliphatic rings. The van der Waals surface area contributed by atoms with Crippen molar-refractivity contribution in [3.8, 4) is 0 Å². The SMILES string of the molecule is CC1CCCCC1(O)C1=CCCCC1. The average Bonchev–Trinajstić information content (AvgIpc) is 2.24. The van der Waals surface area contributed by atoms with E-state index in [-0.39, 0.29) is 0 Å². The van der Waals surface area contributed by atoms with E-state index in [0.29, 0.717) is 5.92 Å². The summed E-state index contributed by atoms with van der Waals surface area (Å²) in [5.74, 6) is 0.473. The summed E-state index contributed by atoms with van der Waals surface area (Å²) in [4.78, 5) is 0. The molecule has 1 heteroatoms. The molecule has 2 atom stereocenters. The van der Waals surface area contributed by atoms with Crippen molar-refractivity contribution >= 4 is 0 Å². The Morgan fingerprint density at radius 2 is 2.14 bits per heavy atom. The van der Waals surface area contributed by atoms with Gasteiger partial charge in [0.25, 0.3) is 0 Å². The van der Waals surface area contributed by atoms with E-state index in [9.17, 15) is 5.11 Å². The molecule has 0 aromatic rings. The molecule has 0 amide bonds. The van der Waals surface area contributed by atoms with Crippen LogP contribution in [0.4, 0.5) is 0 Å². The molecule has 0 bridgehead atoms. The molecular weight excluding hydrogens is 172 g/mol. The predicted molar refractivity (Wildman–Crippen MR) is 59.1 cm³/mol. The first-order valence-corrected chi connectivity index (χ1v) is 6.15. The van der Waals surface area contributed by atoms with Gasteiger partial charge in [-0.2, -0.15) is 0 Å². The second-order valence-electron chi connectivity index (χ2n) is 5.05. The van der Waals surface area contributed by atoms with Crippen molar-refractivity contribution in [2.24, 2.45) is 5.92 Å². The summed E-state index contributed by atoms with van der Waals surface area (Å²) >= 11 is 0. The molecule has 0 spiro atoms. The Balaban J connectivity index is 2.15. The molecule has 1 nitrogen and oxygen atoms in total. The predicted octanol–water partition coefficient (Wildman–Crippen LogP) is 3.43. The molecule has 80 valence electrons. The van der Waals surface area contributed by atoms with Crippen LogP contribution >= 0.6 is 0 Å². The van der Waals surface area contributed by atoms with Crippen molar-refractivity contribution in [2.75, 3.05) is 0 Å². The van der Waals surface area contributed by atoms with Crippen molar-refractivity contribution < 1.29 is 5.11 Å². The summed E-state index contributed by atoms with van der Waals surface area (Å²) in [7, 11) is 0. The Hall–Kier alpha value is -0.300. The minimum absolute atomic E-state index is 0.432. The van der Waals surface area contributed by atoms with Gasteiger partial charge in [0.2, 0.25) is 0 Å². The van der Waals surface area contributed by atoms with Crippen LogP contribution in [0.15, 0.2) is 11.6 Å². The fraction of sp³-hybridized carbons (Fsp3) is 0.846. The molecule has 0 aliphatic heterocycles. The molecule has 1 fully saturated rings. The Bertz CT molecular complexity index is 231. The molecular formula is C13H22O. The summed E-state index contributed by atoms with van der Waals surface area (Å²) in [6.45, 7) is 2.22. The van der Waals surface area contributed by atoms with Gasteiger partial charge < -0.3 is 5.11 Å². The Morgan fingerprint density at radius 3 is 2.79 bits per heavy atom. The van der Waals surface area contributed by atoms with Crippen LogP contribution in [0.2, 0.25) is 0 Å². The lowest BCUT2D eigenvalue weighted by Gasteiger charge is -2.41. The maximum absolute atomic E-state index is 10.7. The van der Waals surface area contributed by atoms with Gasteiger partial charge in [-0.15, -0.1) is 0 Å². The van der Waals surface area contributed by atoms with Crippen LogP contribution in [-0.4, -0.2) is 10.7 Å². The van der Waals surface area contributed by atoms with E-state index in [1.165, 1.54) is 44.1 Å². The summed E-state index contributed by atoms with van der Waals surface area (Å²) in [5, 5.41) is 10.7. The summed E-state index contributed by atoms with van der Waals surface area (Å²) < 4.78 is 0. The van der Waals surface area contributed by atoms with Crippen LogP contribution in [0.3, 0.4) is 0 Å². The van der Waals surface area contributed by atoms with E-state index in [4.69, 9.17) is 0 Å².